The van der Waals surface area contributed by atoms with Crippen molar-refractivity contribution in [3.63, 3.8) is 0 Å². The molecule has 7 rings (SSSR count). The molecule has 2 heterocycles. The molecule has 4 aromatic rings. The van der Waals surface area contributed by atoms with Gasteiger partial charge in [-0.3, -0.25) is 19.2 Å². The Bertz CT molecular complexity index is 2100. The molecule has 3 aliphatic rings. The number of nitrogens with zero attached hydrogens (tertiary/aromatic N) is 2. The third kappa shape index (κ3) is 6.43. The van der Waals surface area contributed by atoms with Crippen molar-refractivity contribution in [1.29, 1.82) is 0 Å². The average molecular weight is 697 g/mol. The summed E-state index contributed by atoms with van der Waals surface area (Å²) in [4.78, 5) is 57.8. The van der Waals surface area contributed by atoms with E-state index in [9.17, 15) is 19.2 Å². The highest BCUT2D eigenvalue weighted by atomic mass is 16.5. The van der Waals surface area contributed by atoms with Crippen LogP contribution in [0, 0.1) is 23.2 Å². The van der Waals surface area contributed by atoms with Gasteiger partial charge in [-0.05, 0) is 134 Å². The number of hydrogen-bond acceptors (Lipinski definition) is 8. The van der Waals surface area contributed by atoms with Gasteiger partial charge in [-0.15, -0.1) is 0 Å². The Kier molecular flexibility index (Phi) is 8.92. The average Bonchev–Trinajstić information content (AvgIpc) is 3.60. The molecule has 0 bridgehead atoms. The molecule has 10 nitrogen and oxygen atoms in total. The number of amides is 4. The normalized spacial score (nSPS) is 21.8. The maximum atomic E-state index is 14.2. The summed E-state index contributed by atoms with van der Waals surface area (Å²) < 4.78 is 11.8. The third-order valence-electron chi connectivity index (χ3n) is 10.6. The highest BCUT2D eigenvalue weighted by Gasteiger charge is 2.53. The van der Waals surface area contributed by atoms with Crippen molar-refractivity contribution in [2.75, 3.05) is 21.3 Å². The highest BCUT2D eigenvalue weighted by molar-refractivity contribution is 6.32. The Morgan fingerprint density at radius 2 is 1.06 bits per heavy atom. The molecule has 4 amide bonds. The number of hydrogen-bond donors (Lipinski definition) is 2. The van der Waals surface area contributed by atoms with Gasteiger partial charge in [-0.2, -0.15) is 0 Å². The lowest BCUT2D eigenvalue weighted by atomic mass is 9.57. The summed E-state index contributed by atoms with van der Waals surface area (Å²) in [5.74, 6) is 0.616. The minimum atomic E-state index is -0.875. The smallest absolute Gasteiger partial charge is 0.262 e. The number of carbonyl (C=O) groups excluding carboxylic acids is 4. The lowest BCUT2D eigenvalue weighted by molar-refractivity contribution is -0.123. The molecule has 4 aromatic carbocycles. The Labute approximate surface area is 302 Å². The van der Waals surface area contributed by atoms with E-state index < -0.39 is 35.0 Å². The molecule has 10 heteroatoms. The van der Waals surface area contributed by atoms with Crippen molar-refractivity contribution in [2.24, 2.45) is 23.2 Å². The first-order chi connectivity index (χ1) is 24.9. The molecule has 0 saturated heterocycles. The third-order valence-corrected chi connectivity index (χ3v) is 10.6. The number of carbonyl (C=O) groups is 4. The second-order valence-electron chi connectivity index (χ2n) is 14.2. The first-order valence-electron chi connectivity index (χ1n) is 17.4. The number of nitrogen functional groups attached to an aromatic ring is 2. The summed E-state index contributed by atoms with van der Waals surface area (Å²) in [5.41, 5.74) is 13.4. The van der Waals surface area contributed by atoms with Crippen molar-refractivity contribution in [1.82, 2.24) is 0 Å². The number of ether oxygens (including phenoxy) is 2. The van der Waals surface area contributed by atoms with Gasteiger partial charge >= 0.3 is 0 Å². The van der Waals surface area contributed by atoms with Crippen molar-refractivity contribution in [3.8, 4) is 23.0 Å². The van der Waals surface area contributed by atoms with Crippen molar-refractivity contribution in [2.45, 2.75) is 40.0 Å². The van der Waals surface area contributed by atoms with Crippen LogP contribution in [0.25, 0.3) is 0 Å². The fourth-order valence-corrected chi connectivity index (χ4v) is 7.52. The summed E-state index contributed by atoms with van der Waals surface area (Å²) in [6, 6.07) is 27.4. The van der Waals surface area contributed by atoms with Crippen LogP contribution in [0.3, 0.4) is 0 Å². The van der Waals surface area contributed by atoms with E-state index in [0.29, 0.717) is 75.7 Å². The molecule has 1 aliphatic carbocycles. The van der Waals surface area contributed by atoms with E-state index in [4.69, 9.17) is 20.9 Å². The number of imide groups is 2. The van der Waals surface area contributed by atoms with Crippen molar-refractivity contribution < 1.29 is 28.7 Å². The molecule has 1 fully saturated rings. The molecule has 2 aliphatic heterocycles. The predicted molar refractivity (Wildman–Crippen MR) is 200 cm³/mol. The first-order valence-corrected chi connectivity index (χ1v) is 17.4. The van der Waals surface area contributed by atoms with Gasteiger partial charge in [0, 0.05) is 40.1 Å². The molecule has 0 radical (unpaired) electrons. The van der Waals surface area contributed by atoms with Gasteiger partial charge in [0.1, 0.15) is 23.0 Å². The van der Waals surface area contributed by atoms with E-state index in [1.165, 1.54) is 12.2 Å². The fraction of sp³-hybridized carbons (Fsp3) is 0.238. The second kappa shape index (κ2) is 13.5. The van der Waals surface area contributed by atoms with Crippen LogP contribution in [0.15, 0.2) is 120 Å². The summed E-state index contributed by atoms with van der Waals surface area (Å²) in [5, 5.41) is 0. The van der Waals surface area contributed by atoms with Gasteiger partial charge < -0.3 is 20.9 Å². The predicted octanol–water partition coefficient (Wildman–Crippen LogP) is 7.81. The fourth-order valence-electron chi connectivity index (χ4n) is 7.52. The monoisotopic (exact) mass is 696 g/mol. The summed E-state index contributed by atoms with van der Waals surface area (Å²) in [7, 11) is 0. The van der Waals surface area contributed by atoms with Gasteiger partial charge in [-0.1, -0.05) is 20.8 Å². The first kappa shape index (κ1) is 34.3. The van der Waals surface area contributed by atoms with Crippen LogP contribution < -0.4 is 30.7 Å². The van der Waals surface area contributed by atoms with E-state index in [-0.39, 0.29) is 5.92 Å². The second-order valence-corrected chi connectivity index (χ2v) is 14.2. The summed E-state index contributed by atoms with van der Waals surface area (Å²) >= 11 is 0. The quantitative estimate of drug-likeness (QED) is 0.133. The van der Waals surface area contributed by atoms with Gasteiger partial charge in [0.2, 0.25) is 0 Å². The molecule has 1 saturated carbocycles. The van der Waals surface area contributed by atoms with Crippen LogP contribution in [0.1, 0.15) is 40.0 Å². The molecular formula is C42H40N4O6. The topological polar surface area (TPSA) is 145 Å². The Balaban J connectivity index is 1.12. The molecule has 3 unspecified atom stereocenters. The Morgan fingerprint density at radius 3 is 1.52 bits per heavy atom. The van der Waals surface area contributed by atoms with Crippen LogP contribution in [0.5, 0.6) is 23.0 Å². The zero-order valence-corrected chi connectivity index (χ0v) is 29.2. The van der Waals surface area contributed by atoms with E-state index in [1.54, 1.807) is 97.1 Å². The van der Waals surface area contributed by atoms with Crippen LogP contribution in [0.4, 0.5) is 22.7 Å². The Hall–Kier alpha value is -6.16. The van der Waals surface area contributed by atoms with Crippen molar-refractivity contribution in [3.05, 3.63) is 120 Å². The standard InChI is InChI=1S/C42H40N4O6/c1-25(2)26-20-21-42(3,37-24-39(48)46(41(37)50)30-10-18-34(19-11-30)52-32-14-6-28(44)7-15-32)36(22-26)35-23-38(47)45(40(35)49)29-8-16-33(17-9-29)51-31-12-4-27(43)5-13-31/h4-19,23-26,36H,20-22,43-44H2,1-3H3. The number of benzene rings is 4. The highest BCUT2D eigenvalue weighted by Crippen LogP contribution is 2.55. The van der Waals surface area contributed by atoms with Gasteiger partial charge in [0.25, 0.3) is 23.6 Å². The molecule has 3 atom stereocenters. The molecule has 264 valence electrons. The molecule has 52 heavy (non-hydrogen) atoms. The van der Waals surface area contributed by atoms with Gasteiger partial charge in [0.15, 0.2) is 0 Å². The van der Waals surface area contributed by atoms with E-state index in [0.717, 1.165) is 16.2 Å². The lowest BCUT2D eigenvalue weighted by Crippen LogP contribution is -2.44. The SMILES string of the molecule is CC(C)C1CCC(C)(C2=CC(=O)N(c3ccc(Oc4ccc(N)cc4)cc3)C2=O)C(C2=CC(=O)N(c3ccc(Oc4ccc(N)cc4)cc3)C2=O)C1. The minimum Gasteiger partial charge on any atom is -0.457 e. The largest absolute Gasteiger partial charge is 0.457 e. The molecule has 0 aromatic heterocycles. The minimum absolute atomic E-state index is 0.262. The molecular weight excluding hydrogens is 656 g/mol. The van der Waals surface area contributed by atoms with E-state index >= 15 is 0 Å². The molecule has 0 spiro atoms. The van der Waals surface area contributed by atoms with Crippen molar-refractivity contribution >= 4 is 46.4 Å². The molecule has 4 N–H and O–H groups in total. The lowest BCUT2D eigenvalue weighted by Gasteiger charge is -2.46. The number of anilines is 4. The van der Waals surface area contributed by atoms with E-state index in [2.05, 4.69) is 13.8 Å². The maximum absolute atomic E-state index is 14.2. The summed E-state index contributed by atoms with van der Waals surface area (Å²) in [6.07, 6.45) is 4.80. The van der Waals surface area contributed by atoms with Gasteiger partial charge in [0.05, 0.1) is 11.4 Å². The van der Waals surface area contributed by atoms with Crippen LogP contribution >= 0.6 is 0 Å². The zero-order chi connectivity index (χ0) is 36.7. The number of nitrogens with two attached hydrogens (primary N) is 2. The van der Waals surface area contributed by atoms with Crippen LogP contribution in [-0.2, 0) is 19.2 Å². The van der Waals surface area contributed by atoms with Crippen LogP contribution in [0.2, 0.25) is 0 Å². The maximum Gasteiger partial charge on any atom is 0.262 e. The summed E-state index contributed by atoms with van der Waals surface area (Å²) in [6.45, 7) is 6.24. The van der Waals surface area contributed by atoms with E-state index in [1.807, 2.05) is 6.92 Å². The van der Waals surface area contributed by atoms with Crippen LogP contribution in [-0.4, -0.2) is 23.6 Å². The zero-order valence-electron chi connectivity index (χ0n) is 29.2. The Morgan fingerprint density at radius 1 is 0.635 bits per heavy atom. The number of rotatable bonds is 9. The van der Waals surface area contributed by atoms with Gasteiger partial charge in [-0.25, -0.2) is 9.80 Å².